The van der Waals surface area contributed by atoms with E-state index < -0.39 is 16.7 Å². The lowest BCUT2D eigenvalue weighted by molar-refractivity contribution is -0.387. The number of nitrogens with zero attached hydrogens (tertiary/aromatic N) is 4. The fraction of sp³-hybridized carbons (Fsp3) is 0.0263. The van der Waals surface area contributed by atoms with Crippen LogP contribution in [0.5, 0.6) is 0 Å². The third-order valence-electron chi connectivity index (χ3n) is 7.91. The molecule has 1 N–H and O–H groups in total. The summed E-state index contributed by atoms with van der Waals surface area (Å²) < 4.78 is 1.35. The number of carbonyl (C=O) groups is 3. The van der Waals surface area contributed by atoms with Crippen LogP contribution in [0, 0.1) is 17.0 Å². The van der Waals surface area contributed by atoms with Gasteiger partial charge in [0.1, 0.15) is 5.57 Å². The zero-order chi connectivity index (χ0) is 35.6. The number of rotatable bonds is 8. The van der Waals surface area contributed by atoms with Crippen LogP contribution in [0.25, 0.3) is 16.3 Å². The number of thiocarbonyl (C=S) groups is 1. The van der Waals surface area contributed by atoms with Crippen molar-refractivity contribution in [2.45, 2.75) is 16.2 Å². The fourth-order valence-electron chi connectivity index (χ4n) is 5.39. The molecule has 0 saturated carbocycles. The summed E-state index contributed by atoms with van der Waals surface area (Å²) in [7, 11) is 0. The van der Waals surface area contributed by atoms with Crippen LogP contribution in [0.2, 0.25) is 0 Å². The number of nitro benzene ring substituents is 1. The molecule has 3 amide bonds. The molecule has 1 aromatic heterocycles. The van der Waals surface area contributed by atoms with Crippen LogP contribution < -0.4 is 15.1 Å². The standard InChI is InChI=1S/C38H25N5O5S3/c1-23-12-15-25(16-13-23)34(44)39-26-17-18-30-33(22-26)51-37(40-30)50-32-19-14-24(21-31(32)43(47)48)20-29-35(45)41(27-8-4-2-5-9-27)38(49)42(36(29)46)28-10-6-3-7-11-28/h2-22H,1H3,(H,39,44). The molecule has 0 atom stereocenters. The van der Waals surface area contributed by atoms with E-state index in [9.17, 15) is 24.5 Å². The minimum absolute atomic E-state index is 0.00567. The Balaban J connectivity index is 1.18. The molecule has 0 aliphatic carbocycles. The molecule has 7 rings (SSSR count). The molecule has 2 heterocycles. The Morgan fingerprint density at radius 3 is 2.10 bits per heavy atom. The van der Waals surface area contributed by atoms with E-state index in [1.165, 1.54) is 33.3 Å². The number of amides is 3. The number of hydrogen-bond donors (Lipinski definition) is 1. The number of nitrogens with one attached hydrogen (secondary N) is 1. The highest BCUT2D eigenvalue weighted by atomic mass is 32.2. The first kappa shape index (κ1) is 33.5. The number of carbonyl (C=O) groups excluding carboxylic acids is 3. The Morgan fingerprint density at radius 2 is 1.49 bits per heavy atom. The minimum atomic E-state index is -0.645. The Bertz CT molecular complexity index is 2330. The highest BCUT2D eigenvalue weighted by Gasteiger charge is 2.41. The second-order valence-corrected chi connectivity index (χ2v) is 14.0. The number of para-hydroxylation sites is 2. The first-order valence-electron chi connectivity index (χ1n) is 15.5. The van der Waals surface area contributed by atoms with Gasteiger partial charge in [-0.25, -0.2) is 4.98 Å². The molecule has 6 aromatic rings. The molecule has 1 fully saturated rings. The highest BCUT2D eigenvalue weighted by Crippen LogP contribution is 2.40. The van der Waals surface area contributed by atoms with Gasteiger partial charge in [0.05, 0.1) is 31.4 Å². The molecule has 0 radical (unpaired) electrons. The van der Waals surface area contributed by atoms with E-state index >= 15 is 0 Å². The van der Waals surface area contributed by atoms with Crippen LogP contribution in [0.3, 0.4) is 0 Å². The monoisotopic (exact) mass is 727 g/mol. The summed E-state index contributed by atoms with van der Waals surface area (Å²) in [6.07, 6.45) is 1.35. The Labute approximate surface area is 305 Å². The van der Waals surface area contributed by atoms with Crippen molar-refractivity contribution in [1.82, 2.24) is 4.98 Å². The quantitative estimate of drug-likeness (QED) is 0.0543. The van der Waals surface area contributed by atoms with E-state index in [4.69, 9.17) is 12.2 Å². The zero-order valence-electron chi connectivity index (χ0n) is 26.7. The van der Waals surface area contributed by atoms with Crippen molar-refractivity contribution in [3.63, 3.8) is 0 Å². The number of thiazole rings is 1. The van der Waals surface area contributed by atoms with Crippen LogP contribution in [0.1, 0.15) is 21.5 Å². The first-order chi connectivity index (χ1) is 24.7. The number of anilines is 3. The molecule has 13 heteroatoms. The Hall–Kier alpha value is -6.02. The molecule has 1 aliphatic heterocycles. The van der Waals surface area contributed by atoms with E-state index in [-0.39, 0.29) is 27.8 Å². The second kappa shape index (κ2) is 14.1. The maximum absolute atomic E-state index is 13.9. The number of aryl methyl sites for hydroxylation is 1. The van der Waals surface area contributed by atoms with Gasteiger partial charge >= 0.3 is 0 Å². The van der Waals surface area contributed by atoms with Crippen molar-refractivity contribution in [1.29, 1.82) is 0 Å². The summed E-state index contributed by atoms with van der Waals surface area (Å²) in [5.41, 5.74) is 3.68. The number of benzene rings is 5. The van der Waals surface area contributed by atoms with Crippen molar-refractivity contribution in [3.05, 3.63) is 154 Å². The summed E-state index contributed by atoms with van der Waals surface area (Å²) in [6.45, 7) is 1.95. The Kier molecular flexibility index (Phi) is 9.24. The van der Waals surface area contributed by atoms with Gasteiger partial charge in [-0.05, 0) is 91.4 Å². The van der Waals surface area contributed by atoms with E-state index in [1.807, 2.05) is 25.1 Å². The van der Waals surface area contributed by atoms with E-state index in [1.54, 1.807) is 97.1 Å². The number of aromatic nitrogens is 1. The van der Waals surface area contributed by atoms with Crippen LogP contribution in [0.4, 0.5) is 22.7 Å². The maximum atomic E-state index is 13.9. The van der Waals surface area contributed by atoms with Crippen LogP contribution in [-0.4, -0.2) is 32.7 Å². The smallest absolute Gasteiger partial charge is 0.283 e. The van der Waals surface area contributed by atoms with Crippen LogP contribution in [0.15, 0.2) is 136 Å². The van der Waals surface area contributed by atoms with Crippen molar-refractivity contribution < 1.29 is 19.3 Å². The largest absolute Gasteiger partial charge is 0.322 e. The molecule has 10 nitrogen and oxygen atoms in total. The summed E-state index contributed by atoms with van der Waals surface area (Å²) in [5.74, 6) is -1.53. The van der Waals surface area contributed by atoms with Gasteiger partial charge in [-0.2, -0.15) is 0 Å². The SMILES string of the molecule is Cc1ccc(C(=O)Nc2ccc3nc(Sc4ccc(C=C5C(=O)N(c6ccccc6)C(=S)N(c6ccccc6)C5=O)cc4[N+](=O)[O-])sc3c2)cc1. The first-order valence-corrected chi connectivity index (χ1v) is 17.5. The van der Waals surface area contributed by atoms with Gasteiger partial charge in [0, 0.05) is 17.3 Å². The normalized spacial score (nSPS) is 13.1. The maximum Gasteiger partial charge on any atom is 0.283 e. The van der Waals surface area contributed by atoms with Gasteiger partial charge in [0.25, 0.3) is 23.4 Å². The van der Waals surface area contributed by atoms with Crippen LogP contribution >= 0.6 is 35.3 Å². The van der Waals surface area contributed by atoms with Gasteiger partial charge in [0.15, 0.2) is 9.45 Å². The predicted octanol–water partition coefficient (Wildman–Crippen LogP) is 8.66. The van der Waals surface area contributed by atoms with Crippen molar-refractivity contribution in [2.24, 2.45) is 0 Å². The summed E-state index contributed by atoms with van der Waals surface area (Å²) in [4.78, 5) is 59.8. The molecule has 0 spiro atoms. The van der Waals surface area contributed by atoms with Gasteiger partial charge in [-0.1, -0.05) is 71.9 Å². The third-order valence-corrected chi connectivity index (χ3v) is 10.4. The zero-order valence-corrected chi connectivity index (χ0v) is 29.1. The lowest BCUT2D eigenvalue weighted by atomic mass is 10.0. The number of fused-ring (bicyclic) bond motifs is 1. The van der Waals surface area contributed by atoms with Gasteiger partial charge in [-0.3, -0.25) is 34.3 Å². The average molecular weight is 728 g/mol. The second-order valence-electron chi connectivity index (χ2n) is 11.4. The average Bonchev–Trinajstić information content (AvgIpc) is 3.53. The fourth-order valence-corrected chi connectivity index (χ4v) is 7.91. The lowest BCUT2D eigenvalue weighted by Gasteiger charge is -2.36. The number of nitro groups is 1. The molecule has 51 heavy (non-hydrogen) atoms. The van der Waals surface area contributed by atoms with E-state index in [0.717, 1.165) is 22.0 Å². The van der Waals surface area contributed by atoms with E-state index in [2.05, 4.69) is 10.3 Å². The molecular formula is C38H25N5O5S3. The molecule has 5 aromatic carbocycles. The van der Waals surface area contributed by atoms with Crippen molar-refractivity contribution in [2.75, 3.05) is 15.1 Å². The van der Waals surface area contributed by atoms with Gasteiger partial charge in [-0.15, -0.1) is 11.3 Å². The Morgan fingerprint density at radius 1 is 0.863 bits per heavy atom. The third kappa shape index (κ3) is 6.90. The summed E-state index contributed by atoms with van der Waals surface area (Å²) in [5, 5.41) is 15.2. The molecule has 1 saturated heterocycles. The highest BCUT2D eigenvalue weighted by molar-refractivity contribution is 8.01. The molecule has 0 unspecified atom stereocenters. The molecule has 250 valence electrons. The predicted molar refractivity (Wildman–Crippen MR) is 204 cm³/mol. The molecule has 1 aliphatic rings. The van der Waals surface area contributed by atoms with Crippen LogP contribution in [-0.2, 0) is 9.59 Å². The molecular weight excluding hydrogens is 703 g/mol. The van der Waals surface area contributed by atoms with Gasteiger partial charge < -0.3 is 5.32 Å². The summed E-state index contributed by atoms with van der Waals surface area (Å²) >= 11 is 8.12. The van der Waals surface area contributed by atoms with Crippen molar-refractivity contribution >= 4 is 97.2 Å². The number of hydrogen-bond acceptors (Lipinski definition) is 9. The van der Waals surface area contributed by atoms with Crippen molar-refractivity contribution in [3.8, 4) is 0 Å². The van der Waals surface area contributed by atoms with E-state index in [0.29, 0.717) is 37.4 Å². The van der Waals surface area contributed by atoms with Gasteiger partial charge in [0.2, 0.25) is 0 Å². The minimum Gasteiger partial charge on any atom is -0.322 e. The topological polar surface area (TPSA) is 126 Å². The summed E-state index contributed by atoms with van der Waals surface area (Å²) in [6, 6.07) is 34.6. The molecule has 0 bridgehead atoms. The lowest BCUT2D eigenvalue weighted by Crippen LogP contribution is -2.56.